The molecule has 1 aromatic heterocycles. The fraction of sp³-hybridized carbons (Fsp3) is 0.333. The Hall–Kier alpha value is -2.93. The SMILES string of the molecule is CC(=O)OCC1=C(C(=O)O)N2C(=O)[C@@H](NC(=O)C(=NO)c3cscn3)[C@H]2SC1. The topological polar surface area (TPSA) is 158 Å². The molecule has 1 fully saturated rings. The van der Waals surface area contributed by atoms with Gasteiger partial charge in [0, 0.05) is 23.6 Å². The standard InChI is InChI=1S/C15H14N4O7S2/c1-6(20)26-2-7-3-28-14-10(13(22)19(14)11(7)15(23)24)17-12(21)9(18-25)8-4-27-5-16-8/h4-5,10,14,25H,2-3H2,1H3,(H,17,21)(H,23,24)/t10-,14-/m1/s1. The summed E-state index contributed by atoms with van der Waals surface area (Å²) >= 11 is 2.43. The summed E-state index contributed by atoms with van der Waals surface area (Å²) in [5.41, 5.74) is 1.30. The molecule has 2 atom stereocenters. The molecule has 28 heavy (non-hydrogen) atoms. The van der Waals surface area contributed by atoms with Crippen molar-refractivity contribution in [1.82, 2.24) is 15.2 Å². The number of thioether (sulfide) groups is 1. The van der Waals surface area contributed by atoms with Crippen LogP contribution in [0.25, 0.3) is 0 Å². The number of hydrogen-bond donors (Lipinski definition) is 3. The Balaban J connectivity index is 1.76. The van der Waals surface area contributed by atoms with Crippen LogP contribution < -0.4 is 5.32 Å². The molecule has 1 saturated heterocycles. The molecule has 0 unspecified atom stereocenters. The van der Waals surface area contributed by atoms with Gasteiger partial charge >= 0.3 is 11.9 Å². The molecule has 13 heteroatoms. The van der Waals surface area contributed by atoms with Crippen molar-refractivity contribution in [3.8, 4) is 0 Å². The number of oxime groups is 1. The molecule has 1 aromatic rings. The number of carbonyl (C=O) groups excluding carboxylic acids is 3. The van der Waals surface area contributed by atoms with Gasteiger partial charge in [-0.15, -0.1) is 23.1 Å². The lowest BCUT2D eigenvalue weighted by Gasteiger charge is -2.49. The van der Waals surface area contributed by atoms with Crippen LogP contribution in [-0.4, -0.2) is 73.4 Å². The highest BCUT2D eigenvalue weighted by atomic mass is 32.2. The molecule has 3 rings (SSSR count). The van der Waals surface area contributed by atoms with Crippen LogP contribution >= 0.6 is 23.1 Å². The quantitative estimate of drug-likeness (QED) is 0.181. The Labute approximate surface area is 166 Å². The lowest BCUT2D eigenvalue weighted by molar-refractivity contribution is -0.150. The number of nitrogens with one attached hydrogen (secondary N) is 1. The van der Waals surface area contributed by atoms with Gasteiger partial charge in [-0.3, -0.25) is 19.3 Å². The Bertz CT molecular complexity index is 896. The molecular formula is C15H14N4O7S2. The van der Waals surface area contributed by atoms with Gasteiger partial charge in [0.1, 0.15) is 29.4 Å². The monoisotopic (exact) mass is 426 g/mol. The largest absolute Gasteiger partial charge is 0.477 e. The molecule has 0 spiro atoms. The highest BCUT2D eigenvalue weighted by Gasteiger charge is 2.54. The zero-order chi connectivity index (χ0) is 20.4. The first-order valence-electron chi connectivity index (χ1n) is 7.80. The zero-order valence-electron chi connectivity index (χ0n) is 14.3. The molecule has 148 valence electrons. The maximum absolute atomic E-state index is 12.5. The van der Waals surface area contributed by atoms with Crippen LogP contribution in [0.5, 0.6) is 0 Å². The lowest BCUT2D eigenvalue weighted by Crippen LogP contribution is -2.71. The van der Waals surface area contributed by atoms with Gasteiger partial charge < -0.3 is 20.4 Å². The Morgan fingerprint density at radius 1 is 1.46 bits per heavy atom. The molecule has 0 saturated carbocycles. The lowest BCUT2D eigenvalue weighted by atomic mass is 10.0. The third kappa shape index (κ3) is 3.57. The highest BCUT2D eigenvalue weighted by molar-refractivity contribution is 8.00. The van der Waals surface area contributed by atoms with Crippen LogP contribution in [0.4, 0.5) is 0 Å². The molecule has 3 N–H and O–H groups in total. The van der Waals surface area contributed by atoms with Crippen molar-refractivity contribution in [1.29, 1.82) is 0 Å². The van der Waals surface area contributed by atoms with E-state index in [4.69, 9.17) is 9.94 Å². The number of aliphatic carboxylic acids is 1. The number of nitrogens with zero attached hydrogens (tertiary/aromatic N) is 3. The van der Waals surface area contributed by atoms with Gasteiger partial charge in [0.05, 0.1) is 5.51 Å². The fourth-order valence-corrected chi connectivity index (χ4v) is 4.60. The van der Waals surface area contributed by atoms with Crippen molar-refractivity contribution < 1.29 is 34.2 Å². The smallest absolute Gasteiger partial charge is 0.352 e. The molecule has 0 aliphatic carbocycles. The summed E-state index contributed by atoms with van der Waals surface area (Å²) in [4.78, 5) is 52.4. The molecule has 2 aliphatic rings. The van der Waals surface area contributed by atoms with Gasteiger partial charge in [-0.25, -0.2) is 9.78 Å². The van der Waals surface area contributed by atoms with E-state index in [0.717, 1.165) is 4.90 Å². The number of ether oxygens (including phenoxy) is 1. The van der Waals surface area contributed by atoms with Crippen molar-refractivity contribution in [3.05, 3.63) is 27.9 Å². The van der Waals surface area contributed by atoms with E-state index in [2.05, 4.69) is 15.5 Å². The second kappa shape index (κ2) is 7.98. The van der Waals surface area contributed by atoms with Crippen LogP contribution in [0, 0.1) is 0 Å². The number of β-lactam (4-membered cyclic amide) rings is 1. The number of carboxylic acids is 1. The molecule has 0 bridgehead atoms. The molecule has 0 aromatic carbocycles. The first kappa shape index (κ1) is 19.8. The van der Waals surface area contributed by atoms with Gasteiger partial charge in [0.15, 0.2) is 5.71 Å². The summed E-state index contributed by atoms with van der Waals surface area (Å²) in [7, 11) is 0. The van der Waals surface area contributed by atoms with Crippen molar-refractivity contribution in [2.45, 2.75) is 18.3 Å². The summed E-state index contributed by atoms with van der Waals surface area (Å²) in [6, 6.07) is -0.988. The molecule has 2 aliphatic heterocycles. The number of carboxylic acid groups (broad SMARTS) is 1. The average molecular weight is 426 g/mol. The number of fused-ring (bicyclic) bond motifs is 1. The van der Waals surface area contributed by atoms with Crippen LogP contribution in [0.15, 0.2) is 27.3 Å². The summed E-state index contributed by atoms with van der Waals surface area (Å²) in [6.45, 7) is 0.964. The summed E-state index contributed by atoms with van der Waals surface area (Å²) in [6.07, 6.45) is 0. The van der Waals surface area contributed by atoms with E-state index in [1.54, 1.807) is 0 Å². The minimum Gasteiger partial charge on any atom is -0.477 e. The Kier molecular flexibility index (Phi) is 5.65. The maximum atomic E-state index is 12.5. The van der Waals surface area contributed by atoms with E-state index < -0.39 is 35.2 Å². The number of hydrogen-bond acceptors (Lipinski definition) is 10. The van der Waals surface area contributed by atoms with E-state index in [1.807, 2.05) is 0 Å². The fourth-order valence-electron chi connectivity index (χ4n) is 2.74. The number of amides is 2. The average Bonchev–Trinajstić information content (AvgIpc) is 3.18. The highest BCUT2D eigenvalue weighted by Crippen LogP contribution is 2.40. The van der Waals surface area contributed by atoms with Gasteiger partial charge in [0.2, 0.25) is 0 Å². The van der Waals surface area contributed by atoms with Gasteiger partial charge in [-0.05, 0) is 0 Å². The van der Waals surface area contributed by atoms with Gasteiger partial charge in [0.25, 0.3) is 11.8 Å². The van der Waals surface area contributed by atoms with E-state index in [9.17, 15) is 24.3 Å². The first-order valence-corrected chi connectivity index (χ1v) is 9.79. The Morgan fingerprint density at radius 2 is 2.21 bits per heavy atom. The molecular weight excluding hydrogens is 412 g/mol. The summed E-state index contributed by atoms with van der Waals surface area (Å²) in [5, 5.41) is 24.8. The van der Waals surface area contributed by atoms with Crippen LogP contribution in [0.2, 0.25) is 0 Å². The summed E-state index contributed by atoms with van der Waals surface area (Å²) < 4.78 is 4.85. The van der Waals surface area contributed by atoms with Gasteiger partial charge in [-0.1, -0.05) is 5.16 Å². The van der Waals surface area contributed by atoms with Crippen LogP contribution in [0.3, 0.4) is 0 Å². The number of rotatable bonds is 6. The third-order valence-corrected chi connectivity index (χ3v) is 5.90. The predicted octanol–water partition coefficient (Wildman–Crippen LogP) is -0.377. The van der Waals surface area contributed by atoms with Crippen molar-refractivity contribution in [2.24, 2.45) is 5.16 Å². The van der Waals surface area contributed by atoms with E-state index in [1.165, 1.54) is 40.9 Å². The second-order valence-electron chi connectivity index (χ2n) is 5.72. The minimum absolute atomic E-state index is 0.153. The summed E-state index contributed by atoms with van der Waals surface area (Å²) in [5.74, 6) is -3.12. The number of thiazole rings is 1. The van der Waals surface area contributed by atoms with E-state index in [-0.39, 0.29) is 29.5 Å². The van der Waals surface area contributed by atoms with Crippen LogP contribution in [0.1, 0.15) is 12.6 Å². The Morgan fingerprint density at radius 3 is 2.79 bits per heavy atom. The van der Waals surface area contributed by atoms with Crippen molar-refractivity contribution in [3.63, 3.8) is 0 Å². The van der Waals surface area contributed by atoms with Gasteiger partial charge in [-0.2, -0.15) is 0 Å². The molecule has 11 nitrogen and oxygen atoms in total. The third-order valence-electron chi connectivity index (χ3n) is 3.98. The molecule has 2 amide bonds. The molecule has 3 heterocycles. The van der Waals surface area contributed by atoms with E-state index >= 15 is 0 Å². The minimum atomic E-state index is -1.33. The number of esters is 1. The van der Waals surface area contributed by atoms with E-state index in [0.29, 0.717) is 5.57 Å². The van der Waals surface area contributed by atoms with Crippen LogP contribution in [-0.2, 0) is 23.9 Å². The second-order valence-corrected chi connectivity index (χ2v) is 7.54. The predicted molar refractivity (Wildman–Crippen MR) is 96.8 cm³/mol. The first-order chi connectivity index (χ1) is 13.3. The zero-order valence-corrected chi connectivity index (χ0v) is 16.0. The van der Waals surface area contributed by atoms with Crippen molar-refractivity contribution >= 4 is 52.6 Å². The number of carbonyl (C=O) groups is 4. The molecule has 0 radical (unpaired) electrons. The van der Waals surface area contributed by atoms with Crippen molar-refractivity contribution in [2.75, 3.05) is 12.4 Å². The maximum Gasteiger partial charge on any atom is 0.352 e. The number of aromatic nitrogens is 1. The normalized spacial score (nSPS) is 21.7.